The molecule has 134 valence electrons. The molecule has 1 aliphatic rings. The van der Waals surface area contributed by atoms with Crippen LogP contribution in [0, 0.1) is 12.7 Å². The van der Waals surface area contributed by atoms with Gasteiger partial charge in [-0.1, -0.05) is 23.8 Å². The van der Waals surface area contributed by atoms with Gasteiger partial charge in [-0.05, 0) is 57.5 Å². The van der Waals surface area contributed by atoms with Gasteiger partial charge in [-0.25, -0.2) is 4.39 Å². The zero-order valence-electron chi connectivity index (χ0n) is 14.5. The quantitative estimate of drug-likeness (QED) is 0.865. The lowest BCUT2D eigenvalue weighted by atomic mass is 9.90. The number of rotatable bonds is 5. The van der Waals surface area contributed by atoms with Gasteiger partial charge in [-0.3, -0.25) is 0 Å². The highest BCUT2D eigenvalue weighted by Crippen LogP contribution is 2.36. The maximum atomic E-state index is 14.3. The summed E-state index contributed by atoms with van der Waals surface area (Å²) in [6.45, 7) is 1.98. The zero-order valence-corrected chi connectivity index (χ0v) is 14.5. The Hall–Kier alpha value is -2.11. The fourth-order valence-electron chi connectivity index (χ4n) is 3.15. The molecule has 0 heterocycles. The van der Waals surface area contributed by atoms with Crippen LogP contribution in [0.15, 0.2) is 42.5 Å². The standard InChI is InChI=1S/C20H24FNO3/c1-13-9-11-14(12-10-13)24-20-15(21)5-3-8-18(20)25-17-7-4-6-16(22-2)19(17)23/h3,5,8-12,16-17,19,22-23H,4,6-7H2,1-2H3/t16-,17-,19-/m1/s1. The topological polar surface area (TPSA) is 50.7 Å². The maximum Gasteiger partial charge on any atom is 0.204 e. The lowest BCUT2D eigenvalue weighted by molar-refractivity contribution is -0.0144. The highest BCUT2D eigenvalue weighted by Gasteiger charge is 2.33. The summed E-state index contributed by atoms with van der Waals surface area (Å²) < 4.78 is 26.0. The Morgan fingerprint density at radius 2 is 1.88 bits per heavy atom. The third kappa shape index (κ3) is 4.11. The van der Waals surface area contributed by atoms with E-state index in [4.69, 9.17) is 9.47 Å². The average molecular weight is 345 g/mol. The molecule has 1 fully saturated rings. The lowest BCUT2D eigenvalue weighted by Gasteiger charge is -2.34. The van der Waals surface area contributed by atoms with E-state index in [1.807, 2.05) is 26.1 Å². The van der Waals surface area contributed by atoms with E-state index >= 15 is 0 Å². The molecule has 0 amide bonds. The second-order valence-corrected chi connectivity index (χ2v) is 6.46. The first-order valence-electron chi connectivity index (χ1n) is 8.63. The van der Waals surface area contributed by atoms with Gasteiger partial charge >= 0.3 is 0 Å². The van der Waals surface area contributed by atoms with Crippen LogP contribution in [-0.2, 0) is 0 Å². The van der Waals surface area contributed by atoms with Gasteiger partial charge in [0.15, 0.2) is 11.6 Å². The molecule has 2 aromatic carbocycles. The molecule has 0 spiro atoms. The summed E-state index contributed by atoms with van der Waals surface area (Å²) in [6, 6.07) is 12.0. The molecule has 25 heavy (non-hydrogen) atoms. The summed E-state index contributed by atoms with van der Waals surface area (Å²) in [5, 5.41) is 13.6. The van der Waals surface area contributed by atoms with Crippen molar-refractivity contribution in [3.05, 3.63) is 53.8 Å². The Balaban J connectivity index is 1.82. The molecule has 1 saturated carbocycles. The molecule has 0 saturated heterocycles. The number of hydrogen-bond acceptors (Lipinski definition) is 4. The van der Waals surface area contributed by atoms with E-state index < -0.39 is 18.0 Å². The number of para-hydroxylation sites is 1. The van der Waals surface area contributed by atoms with E-state index in [0.29, 0.717) is 11.5 Å². The third-order valence-corrected chi connectivity index (χ3v) is 4.62. The molecule has 0 bridgehead atoms. The number of nitrogens with one attached hydrogen (secondary N) is 1. The fourth-order valence-corrected chi connectivity index (χ4v) is 3.15. The van der Waals surface area contributed by atoms with Gasteiger partial charge in [0.25, 0.3) is 0 Å². The third-order valence-electron chi connectivity index (χ3n) is 4.62. The zero-order chi connectivity index (χ0) is 17.8. The van der Waals surface area contributed by atoms with Gasteiger partial charge in [0.1, 0.15) is 18.0 Å². The van der Waals surface area contributed by atoms with E-state index in [0.717, 1.165) is 24.8 Å². The van der Waals surface area contributed by atoms with Crippen molar-refractivity contribution in [2.24, 2.45) is 0 Å². The fraction of sp³-hybridized carbons (Fsp3) is 0.400. The van der Waals surface area contributed by atoms with Gasteiger partial charge in [0.2, 0.25) is 5.75 Å². The van der Waals surface area contributed by atoms with Crippen LogP contribution < -0.4 is 14.8 Å². The number of ether oxygens (including phenoxy) is 2. The minimum absolute atomic E-state index is 0.0197. The Labute approximate surface area is 147 Å². The Morgan fingerprint density at radius 3 is 2.60 bits per heavy atom. The van der Waals surface area contributed by atoms with Gasteiger partial charge in [0, 0.05) is 6.04 Å². The van der Waals surface area contributed by atoms with Crippen LogP contribution in [0.2, 0.25) is 0 Å². The van der Waals surface area contributed by atoms with E-state index in [-0.39, 0.29) is 11.8 Å². The normalized spacial score (nSPS) is 23.3. The predicted octanol–water partition coefficient (Wildman–Crippen LogP) is 3.81. The summed E-state index contributed by atoms with van der Waals surface area (Å²) >= 11 is 0. The van der Waals surface area contributed by atoms with Crippen molar-refractivity contribution >= 4 is 0 Å². The SMILES string of the molecule is CN[C@@H]1CCC[C@@H](Oc2cccc(F)c2Oc2ccc(C)cc2)[C@@H]1O. The number of aryl methyl sites for hydroxylation is 1. The van der Waals surface area contributed by atoms with Gasteiger partial charge in [-0.2, -0.15) is 0 Å². The van der Waals surface area contributed by atoms with Crippen LogP contribution in [0.5, 0.6) is 17.2 Å². The number of likely N-dealkylation sites (N-methyl/N-ethyl adjacent to an activating group) is 1. The first-order valence-corrected chi connectivity index (χ1v) is 8.63. The monoisotopic (exact) mass is 345 g/mol. The van der Waals surface area contributed by atoms with Crippen molar-refractivity contribution in [3.8, 4) is 17.2 Å². The van der Waals surface area contributed by atoms with Gasteiger partial charge in [0.05, 0.1) is 0 Å². The summed E-state index contributed by atoms with van der Waals surface area (Å²) in [7, 11) is 1.82. The molecule has 0 aliphatic heterocycles. The second kappa shape index (κ2) is 7.85. The number of aliphatic hydroxyl groups excluding tert-OH is 1. The molecule has 5 heteroatoms. The minimum Gasteiger partial charge on any atom is -0.484 e. The molecule has 0 unspecified atom stereocenters. The largest absolute Gasteiger partial charge is 0.484 e. The Kier molecular flexibility index (Phi) is 5.56. The van der Waals surface area contributed by atoms with Gasteiger partial charge < -0.3 is 19.9 Å². The molecule has 0 aromatic heterocycles. The first-order chi connectivity index (χ1) is 12.1. The van der Waals surface area contributed by atoms with Crippen LogP contribution in [0.1, 0.15) is 24.8 Å². The van der Waals surface area contributed by atoms with Crippen molar-refractivity contribution in [1.29, 1.82) is 0 Å². The van der Waals surface area contributed by atoms with Crippen molar-refractivity contribution in [3.63, 3.8) is 0 Å². The second-order valence-electron chi connectivity index (χ2n) is 6.46. The molecule has 4 nitrogen and oxygen atoms in total. The molecule has 1 aliphatic carbocycles. The van der Waals surface area contributed by atoms with E-state index in [1.165, 1.54) is 6.07 Å². The molecule has 0 radical (unpaired) electrons. The molecular formula is C20H24FNO3. The summed E-state index contributed by atoms with van der Waals surface area (Å²) in [6.07, 6.45) is 1.52. The van der Waals surface area contributed by atoms with Crippen molar-refractivity contribution in [1.82, 2.24) is 5.32 Å². The summed E-state index contributed by atoms with van der Waals surface area (Å²) in [5.41, 5.74) is 1.10. The van der Waals surface area contributed by atoms with Crippen LogP contribution in [0.25, 0.3) is 0 Å². The average Bonchev–Trinajstić information content (AvgIpc) is 2.61. The molecular weight excluding hydrogens is 321 g/mol. The number of halogens is 1. The van der Waals surface area contributed by atoms with Gasteiger partial charge in [-0.15, -0.1) is 0 Å². The highest BCUT2D eigenvalue weighted by molar-refractivity contribution is 5.44. The van der Waals surface area contributed by atoms with Crippen molar-refractivity contribution in [2.75, 3.05) is 7.05 Å². The minimum atomic E-state index is -0.644. The molecule has 3 rings (SSSR count). The smallest absolute Gasteiger partial charge is 0.204 e. The summed E-state index contributed by atoms with van der Waals surface area (Å²) in [4.78, 5) is 0. The molecule has 2 aromatic rings. The van der Waals surface area contributed by atoms with Crippen molar-refractivity contribution < 1.29 is 19.0 Å². The van der Waals surface area contributed by atoms with Crippen LogP contribution in [0.4, 0.5) is 4.39 Å². The maximum absolute atomic E-state index is 14.3. The molecule has 2 N–H and O–H groups in total. The lowest BCUT2D eigenvalue weighted by Crippen LogP contribution is -2.50. The van der Waals surface area contributed by atoms with E-state index in [1.54, 1.807) is 24.3 Å². The summed E-state index contributed by atoms with van der Waals surface area (Å²) in [5.74, 6) is 0.401. The molecule has 3 atom stereocenters. The van der Waals surface area contributed by atoms with Crippen LogP contribution >= 0.6 is 0 Å². The number of hydrogen-bond donors (Lipinski definition) is 2. The van der Waals surface area contributed by atoms with Crippen LogP contribution in [-0.4, -0.2) is 30.4 Å². The van der Waals surface area contributed by atoms with E-state index in [9.17, 15) is 9.50 Å². The number of benzene rings is 2. The first kappa shape index (κ1) is 17.7. The number of aliphatic hydroxyl groups is 1. The highest BCUT2D eigenvalue weighted by atomic mass is 19.1. The Bertz CT molecular complexity index is 705. The van der Waals surface area contributed by atoms with E-state index in [2.05, 4.69) is 5.32 Å². The van der Waals surface area contributed by atoms with Crippen molar-refractivity contribution in [2.45, 2.75) is 44.4 Å². The Morgan fingerprint density at radius 1 is 1.12 bits per heavy atom. The van der Waals surface area contributed by atoms with Crippen LogP contribution in [0.3, 0.4) is 0 Å². The predicted molar refractivity (Wildman–Crippen MR) is 94.8 cm³/mol.